The predicted octanol–water partition coefficient (Wildman–Crippen LogP) is 3.91. The molecule has 2 N–H and O–H groups in total. The van der Waals surface area contributed by atoms with E-state index in [0.29, 0.717) is 12.3 Å². The van der Waals surface area contributed by atoms with E-state index < -0.39 is 0 Å². The molecule has 0 fully saturated rings. The highest BCUT2D eigenvalue weighted by Crippen LogP contribution is 2.22. The van der Waals surface area contributed by atoms with Gasteiger partial charge in [0.05, 0.1) is 5.69 Å². The first-order chi connectivity index (χ1) is 10.3. The lowest BCUT2D eigenvalue weighted by Gasteiger charge is -2.07. The van der Waals surface area contributed by atoms with E-state index in [1.807, 2.05) is 36.4 Å². The van der Waals surface area contributed by atoms with Crippen molar-refractivity contribution in [1.29, 1.82) is 0 Å². The summed E-state index contributed by atoms with van der Waals surface area (Å²) in [6.07, 6.45) is 1.69. The molecule has 2 aromatic carbocycles. The SMILES string of the molecule is Nc1ccnc(COc2ccc(-c3ccccc3)cc2)c1. The van der Waals surface area contributed by atoms with Crippen molar-refractivity contribution in [3.05, 3.63) is 78.6 Å². The van der Waals surface area contributed by atoms with Crippen molar-refractivity contribution < 1.29 is 4.74 Å². The molecule has 3 nitrogen and oxygen atoms in total. The maximum Gasteiger partial charge on any atom is 0.130 e. The van der Waals surface area contributed by atoms with E-state index >= 15 is 0 Å². The Labute approximate surface area is 124 Å². The monoisotopic (exact) mass is 276 g/mol. The number of ether oxygens (including phenoxy) is 1. The van der Waals surface area contributed by atoms with E-state index in [4.69, 9.17) is 10.5 Å². The van der Waals surface area contributed by atoms with Gasteiger partial charge in [0.2, 0.25) is 0 Å². The van der Waals surface area contributed by atoms with Gasteiger partial charge in [0, 0.05) is 11.9 Å². The van der Waals surface area contributed by atoms with Crippen LogP contribution in [0.1, 0.15) is 5.69 Å². The van der Waals surface area contributed by atoms with Crippen molar-refractivity contribution in [2.45, 2.75) is 6.61 Å². The predicted molar refractivity (Wildman–Crippen MR) is 84.9 cm³/mol. The summed E-state index contributed by atoms with van der Waals surface area (Å²) in [5, 5.41) is 0. The van der Waals surface area contributed by atoms with Gasteiger partial charge in [0.1, 0.15) is 12.4 Å². The molecule has 1 heterocycles. The number of hydrogen-bond donors (Lipinski definition) is 1. The fourth-order valence-corrected chi connectivity index (χ4v) is 2.11. The zero-order chi connectivity index (χ0) is 14.5. The van der Waals surface area contributed by atoms with Crippen molar-refractivity contribution in [1.82, 2.24) is 4.98 Å². The summed E-state index contributed by atoms with van der Waals surface area (Å²) >= 11 is 0. The summed E-state index contributed by atoms with van der Waals surface area (Å²) in [4.78, 5) is 4.21. The highest BCUT2D eigenvalue weighted by molar-refractivity contribution is 5.63. The lowest BCUT2D eigenvalue weighted by molar-refractivity contribution is 0.301. The van der Waals surface area contributed by atoms with Gasteiger partial charge in [-0.25, -0.2) is 0 Å². The summed E-state index contributed by atoms with van der Waals surface area (Å²) in [6.45, 7) is 0.412. The molecule has 104 valence electrons. The van der Waals surface area contributed by atoms with Gasteiger partial charge in [0.25, 0.3) is 0 Å². The van der Waals surface area contributed by atoms with Gasteiger partial charge >= 0.3 is 0 Å². The molecule has 0 atom stereocenters. The first-order valence-electron chi connectivity index (χ1n) is 6.80. The highest BCUT2D eigenvalue weighted by atomic mass is 16.5. The fraction of sp³-hybridized carbons (Fsp3) is 0.0556. The van der Waals surface area contributed by atoms with Crippen LogP contribution < -0.4 is 10.5 Å². The Bertz CT molecular complexity index is 709. The number of nitrogens with zero attached hydrogens (tertiary/aromatic N) is 1. The first-order valence-corrected chi connectivity index (χ1v) is 6.80. The quantitative estimate of drug-likeness (QED) is 0.786. The second-order valence-electron chi connectivity index (χ2n) is 4.76. The average Bonchev–Trinajstić information content (AvgIpc) is 2.54. The fourth-order valence-electron chi connectivity index (χ4n) is 2.11. The Balaban J connectivity index is 1.68. The standard InChI is InChI=1S/C18H16N2O/c19-16-10-11-20-17(12-16)13-21-18-8-6-15(7-9-18)14-4-2-1-3-5-14/h1-12H,13H2,(H2,19,20). The minimum absolute atomic E-state index is 0.412. The molecular formula is C18H16N2O. The molecule has 0 radical (unpaired) electrons. The van der Waals surface area contributed by atoms with Crippen LogP contribution in [0.3, 0.4) is 0 Å². The number of nitrogens with two attached hydrogens (primary N) is 1. The van der Waals surface area contributed by atoms with Gasteiger partial charge in [-0.2, -0.15) is 0 Å². The van der Waals surface area contributed by atoms with Crippen LogP contribution in [0.2, 0.25) is 0 Å². The summed E-state index contributed by atoms with van der Waals surface area (Å²) in [7, 11) is 0. The molecule has 0 unspecified atom stereocenters. The van der Waals surface area contributed by atoms with E-state index in [1.165, 1.54) is 11.1 Å². The van der Waals surface area contributed by atoms with E-state index in [9.17, 15) is 0 Å². The third-order valence-electron chi connectivity index (χ3n) is 3.19. The van der Waals surface area contributed by atoms with Crippen molar-refractivity contribution in [2.75, 3.05) is 5.73 Å². The molecule has 0 aliphatic heterocycles. The molecule has 3 aromatic rings. The molecule has 0 amide bonds. The smallest absolute Gasteiger partial charge is 0.130 e. The molecule has 3 heteroatoms. The topological polar surface area (TPSA) is 48.1 Å². The van der Waals surface area contributed by atoms with Gasteiger partial charge in [-0.15, -0.1) is 0 Å². The van der Waals surface area contributed by atoms with Crippen LogP contribution >= 0.6 is 0 Å². The van der Waals surface area contributed by atoms with Crippen LogP contribution in [-0.4, -0.2) is 4.98 Å². The van der Waals surface area contributed by atoms with E-state index in [-0.39, 0.29) is 0 Å². The molecule has 3 rings (SSSR count). The lowest BCUT2D eigenvalue weighted by Crippen LogP contribution is -1.99. The Morgan fingerprint density at radius 2 is 1.57 bits per heavy atom. The minimum atomic E-state index is 0.412. The van der Waals surface area contributed by atoms with Crippen molar-refractivity contribution >= 4 is 5.69 Å². The Kier molecular flexibility index (Phi) is 3.83. The molecule has 21 heavy (non-hydrogen) atoms. The number of anilines is 1. The number of benzene rings is 2. The third kappa shape index (κ3) is 3.39. The second kappa shape index (κ2) is 6.09. The highest BCUT2D eigenvalue weighted by Gasteiger charge is 2.00. The van der Waals surface area contributed by atoms with Crippen LogP contribution in [0.4, 0.5) is 5.69 Å². The van der Waals surface area contributed by atoms with Crippen LogP contribution in [0, 0.1) is 0 Å². The number of nitrogen functional groups attached to an aromatic ring is 1. The molecular weight excluding hydrogens is 260 g/mol. The van der Waals surface area contributed by atoms with Crippen molar-refractivity contribution in [2.24, 2.45) is 0 Å². The van der Waals surface area contributed by atoms with E-state index in [2.05, 4.69) is 29.2 Å². The third-order valence-corrected chi connectivity index (χ3v) is 3.19. The van der Waals surface area contributed by atoms with E-state index in [0.717, 1.165) is 11.4 Å². The summed E-state index contributed by atoms with van der Waals surface area (Å²) in [5.74, 6) is 0.818. The molecule has 0 saturated carbocycles. The Hall–Kier alpha value is -2.81. The van der Waals surface area contributed by atoms with E-state index in [1.54, 1.807) is 12.3 Å². The Morgan fingerprint density at radius 1 is 0.857 bits per heavy atom. The maximum absolute atomic E-state index is 5.72. The number of rotatable bonds is 4. The van der Waals surface area contributed by atoms with Gasteiger partial charge in [-0.05, 0) is 35.4 Å². The van der Waals surface area contributed by atoms with Crippen LogP contribution in [-0.2, 0) is 6.61 Å². The van der Waals surface area contributed by atoms with Gasteiger partial charge < -0.3 is 10.5 Å². The lowest BCUT2D eigenvalue weighted by atomic mass is 10.1. The Morgan fingerprint density at radius 3 is 2.29 bits per heavy atom. The molecule has 0 aliphatic rings. The molecule has 0 saturated heterocycles. The maximum atomic E-state index is 5.72. The largest absolute Gasteiger partial charge is 0.487 e. The van der Waals surface area contributed by atoms with Crippen LogP contribution in [0.25, 0.3) is 11.1 Å². The first kappa shape index (κ1) is 13.2. The van der Waals surface area contributed by atoms with Crippen LogP contribution in [0.5, 0.6) is 5.75 Å². The summed E-state index contributed by atoms with van der Waals surface area (Å²) < 4.78 is 5.72. The van der Waals surface area contributed by atoms with Gasteiger partial charge in [-0.1, -0.05) is 42.5 Å². The minimum Gasteiger partial charge on any atom is -0.487 e. The van der Waals surface area contributed by atoms with Crippen molar-refractivity contribution in [3.63, 3.8) is 0 Å². The zero-order valence-electron chi connectivity index (χ0n) is 11.6. The normalized spacial score (nSPS) is 10.3. The molecule has 1 aromatic heterocycles. The van der Waals surface area contributed by atoms with Gasteiger partial charge in [0.15, 0.2) is 0 Å². The number of hydrogen-bond acceptors (Lipinski definition) is 3. The summed E-state index contributed by atoms with van der Waals surface area (Å²) in [6, 6.07) is 21.9. The average molecular weight is 276 g/mol. The zero-order valence-corrected chi connectivity index (χ0v) is 11.6. The van der Waals surface area contributed by atoms with Crippen LogP contribution in [0.15, 0.2) is 72.9 Å². The summed E-state index contributed by atoms with van der Waals surface area (Å²) in [5.41, 5.74) is 9.60. The molecule has 0 aliphatic carbocycles. The number of pyridine rings is 1. The number of aromatic nitrogens is 1. The van der Waals surface area contributed by atoms with Crippen molar-refractivity contribution in [3.8, 4) is 16.9 Å². The van der Waals surface area contributed by atoms with Gasteiger partial charge in [-0.3, -0.25) is 4.98 Å². The molecule has 0 spiro atoms. The molecule has 0 bridgehead atoms. The second-order valence-corrected chi connectivity index (χ2v) is 4.76.